The molecule has 6 nitrogen and oxygen atoms in total. The van der Waals surface area contributed by atoms with Gasteiger partial charge in [0, 0.05) is 25.7 Å². The highest BCUT2D eigenvalue weighted by Gasteiger charge is 2.25. The molecule has 1 saturated heterocycles. The van der Waals surface area contributed by atoms with Gasteiger partial charge in [0.05, 0.1) is 18.1 Å². The first-order valence-corrected chi connectivity index (χ1v) is 12.0. The van der Waals surface area contributed by atoms with Crippen LogP contribution < -0.4 is 5.32 Å². The van der Waals surface area contributed by atoms with Gasteiger partial charge in [-0.05, 0) is 47.2 Å². The molecule has 3 rings (SSSR count). The fourth-order valence-corrected chi connectivity index (χ4v) is 4.72. The average molecular weight is 443 g/mol. The van der Waals surface area contributed by atoms with E-state index in [-0.39, 0.29) is 10.8 Å². The van der Waals surface area contributed by atoms with Crippen LogP contribution in [-0.4, -0.2) is 51.5 Å². The molecule has 1 fully saturated rings. The fourth-order valence-electron chi connectivity index (χ4n) is 3.32. The normalized spacial score (nSPS) is 15.5. The van der Waals surface area contributed by atoms with E-state index in [1.807, 2.05) is 12.1 Å². The molecule has 0 aliphatic carbocycles. The van der Waals surface area contributed by atoms with Crippen LogP contribution in [0.15, 0.2) is 59.5 Å². The van der Waals surface area contributed by atoms with E-state index < -0.39 is 10.0 Å². The van der Waals surface area contributed by atoms with Gasteiger partial charge in [-0.15, -0.1) is 0 Å². The van der Waals surface area contributed by atoms with Crippen molar-refractivity contribution in [3.8, 4) is 0 Å². The highest BCUT2D eigenvalue weighted by molar-refractivity contribution is 7.89. The molecule has 0 radical (unpaired) electrons. The maximum absolute atomic E-state index is 12.6. The third kappa shape index (κ3) is 6.50. The molecule has 1 aliphatic rings. The standard InChI is InChI=1S/C24H30N2O4S/c1-19(2)22-8-3-20(4-9-22)7-12-24(27)25-14-13-21-5-10-23(11-6-21)31(28,29)26-15-17-30-18-16-26/h3-12,19H,13-18H2,1-2H3,(H,25,27)/b12-7+. The number of rotatable bonds is 8. The highest BCUT2D eigenvalue weighted by atomic mass is 32.2. The van der Waals surface area contributed by atoms with Crippen LogP contribution in [0.25, 0.3) is 6.08 Å². The van der Waals surface area contributed by atoms with Gasteiger partial charge in [0.25, 0.3) is 0 Å². The average Bonchev–Trinajstić information content (AvgIpc) is 2.79. The Bertz CT molecular complexity index is 991. The first-order chi connectivity index (χ1) is 14.9. The van der Waals surface area contributed by atoms with Gasteiger partial charge in [-0.3, -0.25) is 4.79 Å². The van der Waals surface area contributed by atoms with E-state index in [4.69, 9.17) is 4.74 Å². The zero-order valence-corrected chi connectivity index (χ0v) is 18.9. The van der Waals surface area contributed by atoms with Crippen molar-refractivity contribution >= 4 is 22.0 Å². The smallest absolute Gasteiger partial charge is 0.244 e. The zero-order chi connectivity index (χ0) is 22.3. The molecular formula is C24H30N2O4S. The van der Waals surface area contributed by atoms with Crippen molar-refractivity contribution in [2.45, 2.75) is 31.1 Å². The van der Waals surface area contributed by atoms with Crippen LogP contribution in [0.2, 0.25) is 0 Å². The Labute approximate surface area is 185 Å². The van der Waals surface area contributed by atoms with Gasteiger partial charge in [0.2, 0.25) is 15.9 Å². The molecule has 7 heteroatoms. The molecule has 166 valence electrons. The molecule has 2 aromatic rings. The summed E-state index contributed by atoms with van der Waals surface area (Å²) in [6.45, 7) is 6.38. The number of ether oxygens (including phenoxy) is 1. The molecule has 1 amide bonds. The summed E-state index contributed by atoms with van der Waals surface area (Å²) in [5, 5.41) is 2.86. The van der Waals surface area contributed by atoms with E-state index in [9.17, 15) is 13.2 Å². The molecule has 2 aromatic carbocycles. The minimum Gasteiger partial charge on any atom is -0.379 e. The van der Waals surface area contributed by atoms with Crippen LogP contribution in [0.1, 0.15) is 36.5 Å². The van der Waals surface area contributed by atoms with E-state index >= 15 is 0 Å². The number of hydrogen-bond acceptors (Lipinski definition) is 4. The quantitative estimate of drug-likeness (QED) is 0.637. The molecule has 1 heterocycles. The molecule has 1 aliphatic heterocycles. The molecule has 0 bridgehead atoms. The van der Waals surface area contributed by atoms with Crippen molar-refractivity contribution < 1.29 is 17.9 Å². The van der Waals surface area contributed by atoms with Crippen LogP contribution in [0.4, 0.5) is 0 Å². The largest absolute Gasteiger partial charge is 0.379 e. The van der Waals surface area contributed by atoms with E-state index in [0.29, 0.717) is 45.2 Å². The lowest BCUT2D eigenvalue weighted by atomic mass is 10.0. The second-order valence-corrected chi connectivity index (χ2v) is 9.79. The molecule has 0 atom stereocenters. The highest BCUT2D eigenvalue weighted by Crippen LogP contribution is 2.18. The summed E-state index contributed by atoms with van der Waals surface area (Å²) in [5.41, 5.74) is 3.22. The van der Waals surface area contributed by atoms with E-state index in [1.165, 1.54) is 15.9 Å². The first-order valence-electron chi connectivity index (χ1n) is 10.6. The maximum atomic E-state index is 12.6. The Morgan fingerprint density at radius 1 is 1.06 bits per heavy atom. The zero-order valence-electron chi connectivity index (χ0n) is 18.1. The first kappa shape index (κ1) is 23.2. The Balaban J connectivity index is 1.47. The molecule has 0 saturated carbocycles. The van der Waals surface area contributed by atoms with Crippen molar-refractivity contribution in [3.05, 3.63) is 71.3 Å². The monoisotopic (exact) mass is 442 g/mol. The number of nitrogens with one attached hydrogen (secondary N) is 1. The van der Waals surface area contributed by atoms with Crippen LogP contribution in [-0.2, 0) is 26.0 Å². The second kappa shape index (κ2) is 10.7. The Morgan fingerprint density at radius 2 is 1.71 bits per heavy atom. The SMILES string of the molecule is CC(C)c1ccc(/C=C/C(=O)NCCc2ccc(S(=O)(=O)N3CCOCC3)cc2)cc1. The minimum atomic E-state index is -3.48. The van der Waals surface area contributed by atoms with Crippen LogP contribution in [0.5, 0.6) is 0 Å². The van der Waals surface area contributed by atoms with Crippen molar-refractivity contribution in [2.24, 2.45) is 0 Å². The number of sulfonamides is 1. The number of carbonyl (C=O) groups excluding carboxylic acids is 1. The summed E-state index contributed by atoms with van der Waals surface area (Å²) in [6.07, 6.45) is 3.95. The maximum Gasteiger partial charge on any atom is 0.244 e. The van der Waals surface area contributed by atoms with Gasteiger partial charge in [-0.1, -0.05) is 50.2 Å². The summed E-state index contributed by atoms with van der Waals surface area (Å²) in [7, 11) is -3.48. The third-order valence-corrected chi connectivity index (χ3v) is 7.19. The Hall–Kier alpha value is -2.48. The second-order valence-electron chi connectivity index (χ2n) is 7.86. The van der Waals surface area contributed by atoms with E-state index in [1.54, 1.807) is 30.3 Å². The summed E-state index contributed by atoms with van der Waals surface area (Å²) in [4.78, 5) is 12.3. The van der Waals surface area contributed by atoms with Gasteiger partial charge in [-0.25, -0.2) is 8.42 Å². The number of carbonyl (C=O) groups is 1. The van der Waals surface area contributed by atoms with Crippen molar-refractivity contribution in [1.29, 1.82) is 0 Å². The predicted molar refractivity (Wildman–Crippen MR) is 122 cm³/mol. The van der Waals surface area contributed by atoms with Gasteiger partial charge < -0.3 is 10.1 Å². The molecule has 31 heavy (non-hydrogen) atoms. The minimum absolute atomic E-state index is 0.153. The fraction of sp³-hybridized carbons (Fsp3) is 0.375. The molecule has 1 N–H and O–H groups in total. The predicted octanol–water partition coefficient (Wildman–Crippen LogP) is 3.20. The van der Waals surface area contributed by atoms with Gasteiger partial charge in [-0.2, -0.15) is 4.31 Å². The number of amides is 1. The molecule has 0 spiro atoms. The number of morpholine rings is 1. The third-order valence-electron chi connectivity index (χ3n) is 5.27. The summed E-state index contributed by atoms with van der Waals surface area (Å²) < 4.78 is 32.0. The molecular weight excluding hydrogens is 412 g/mol. The van der Waals surface area contributed by atoms with Gasteiger partial charge in [0.15, 0.2) is 0 Å². The lowest BCUT2D eigenvalue weighted by Gasteiger charge is -2.26. The van der Waals surface area contributed by atoms with Crippen LogP contribution in [0.3, 0.4) is 0 Å². The summed E-state index contributed by atoms with van der Waals surface area (Å²) >= 11 is 0. The van der Waals surface area contributed by atoms with E-state index in [2.05, 4.69) is 31.3 Å². The summed E-state index contributed by atoms with van der Waals surface area (Å²) in [5.74, 6) is 0.328. The lowest BCUT2D eigenvalue weighted by Crippen LogP contribution is -2.40. The van der Waals surface area contributed by atoms with Gasteiger partial charge in [0.1, 0.15) is 0 Å². The van der Waals surface area contributed by atoms with Crippen LogP contribution in [0, 0.1) is 0 Å². The lowest BCUT2D eigenvalue weighted by molar-refractivity contribution is -0.116. The Kier molecular flexibility index (Phi) is 8.01. The number of nitrogens with zero attached hydrogens (tertiary/aromatic N) is 1. The van der Waals surface area contributed by atoms with Gasteiger partial charge >= 0.3 is 0 Å². The number of hydrogen-bond donors (Lipinski definition) is 1. The van der Waals surface area contributed by atoms with Crippen molar-refractivity contribution in [3.63, 3.8) is 0 Å². The van der Waals surface area contributed by atoms with Crippen molar-refractivity contribution in [1.82, 2.24) is 9.62 Å². The Morgan fingerprint density at radius 3 is 2.32 bits per heavy atom. The number of benzene rings is 2. The van der Waals surface area contributed by atoms with E-state index in [0.717, 1.165) is 11.1 Å². The topological polar surface area (TPSA) is 75.7 Å². The summed E-state index contributed by atoms with van der Waals surface area (Å²) in [6, 6.07) is 15.0. The molecule has 0 unspecified atom stereocenters. The van der Waals surface area contributed by atoms with Crippen molar-refractivity contribution in [2.75, 3.05) is 32.8 Å². The van der Waals surface area contributed by atoms with Crippen LogP contribution >= 0.6 is 0 Å². The molecule has 0 aromatic heterocycles.